The minimum absolute atomic E-state index is 0. The van der Waals surface area contributed by atoms with Crippen molar-refractivity contribution in [3.8, 4) is 5.75 Å². The van der Waals surface area contributed by atoms with E-state index in [1.165, 1.54) is 24.3 Å². The average molecular weight is 599 g/mol. The first kappa shape index (κ1) is 32.9. The van der Waals surface area contributed by atoms with Gasteiger partial charge in [-0.3, -0.25) is 14.5 Å². The van der Waals surface area contributed by atoms with Gasteiger partial charge in [0.1, 0.15) is 17.2 Å². The Labute approximate surface area is 302 Å². The molecule has 2 aliphatic rings. The van der Waals surface area contributed by atoms with Gasteiger partial charge >= 0.3 is 103 Å². The SMILES string of the molecule is O=C([O-])CC(Sc1nnn[nH]1)C1=C(C(=O)[O-])N2C(=O)C(NC(=O)C(O)c3ccc(O)cc3)[C@@H]2SC1.[K+].[K+]. The van der Waals surface area contributed by atoms with Crippen LogP contribution in [0.2, 0.25) is 0 Å². The molecule has 14 nitrogen and oxygen atoms in total. The summed E-state index contributed by atoms with van der Waals surface area (Å²) in [5, 5.41) is 56.6. The van der Waals surface area contributed by atoms with Crippen molar-refractivity contribution in [2.75, 3.05) is 5.75 Å². The summed E-state index contributed by atoms with van der Waals surface area (Å²) in [4.78, 5) is 49.6. The van der Waals surface area contributed by atoms with Crippen LogP contribution in [0, 0.1) is 0 Å². The standard InChI is InChI=1S/C19H18N6O8S2.2K/c26-8-3-1-7(2-4-8)14(29)15(30)20-12-16(31)25-13(18(32)33)9(6-34-17(12)25)10(5-11(27)28)35-19-21-23-24-22-19;;/h1-4,10,12,14,17,26,29H,5-6H2,(H,20,30)(H,27,28)(H,32,33)(H,21,22,23,24);;/q;2*+1/p-2/t10?,12?,14?,17-;;/m0../s1. The van der Waals surface area contributed by atoms with Gasteiger partial charge in [-0.25, -0.2) is 5.10 Å². The van der Waals surface area contributed by atoms with E-state index in [4.69, 9.17) is 0 Å². The van der Waals surface area contributed by atoms with Gasteiger partial charge in [0.25, 0.3) is 11.8 Å². The number of benzene rings is 1. The van der Waals surface area contributed by atoms with E-state index in [0.717, 1.165) is 28.4 Å². The fraction of sp³-hybridized carbons (Fsp3) is 0.316. The van der Waals surface area contributed by atoms with Gasteiger partial charge in [-0.2, -0.15) is 0 Å². The number of carbonyl (C=O) groups excluding carboxylic acids is 4. The number of aromatic hydroxyl groups is 1. The van der Waals surface area contributed by atoms with Crippen LogP contribution >= 0.6 is 23.5 Å². The number of nitrogens with one attached hydrogen (secondary N) is 2. The Balaban J connectivity index is 0.00000241. The Bertz CT molecular complexity index is 1200. The van der Waals surface area contributed by atoms with Gasteiger partial charge in [-0.15, -0.1) is 16.9 Å². The zero-order valence-electron chi connectivity index (χ0n) is 19.5. The fourth-order valence-electron chi connectivity index (χ4n) is 3.64. The number of rotatable bonds is 9. The van der Waals surface area contributed by atoms with Crippen molar-refractivity contribution in [1.82, 2.24) is 30.8 Å². The van der Waals surface area contributed by atoms with E-state index in [2.05, 4.69) is 25.9 Å². The third-order valence-corrected chi connectivity index (χ3v) is 7.70. The number of nitrogens with zero attached hydrogens (tertiary/aromatic N) is 4. The second kappa shape index (κ2) is 14.3. The molecule has 3 heterocycles. The van der Waals surface area contributed by atoms with Crippen LogP contribution in [-0.2, 0) is 19.2 Å². The second-order valence-electron chi connectivity index (χ2n) is 7.44. The molecule has 0 spiro atoms. The Kier molecular flexibility index (Phi) is 12.7. The van der Waals surface area contributed by atoms with Crippen molar-refractivity contribution in [2.24, 2.45) is 0 Å². The molecule has 4 rings (SSSR count). The minimum Gasteiger partial charge on any atom is -0.550 e. The first-order chi connectivity index (χ1) is 16.7. The number of aliphatic hydroxyl groups excluding tert-OH is 1. The molecule has 3 unspecified atom stereocenters. The van der Waals surface area contributed by atoms with Gasteiger partial charge in [0.2, 0.25) is 5.16 Å². The second-order valence-corrected chi connectivity index (χ2v) is 9.74. The van der Waals surface area contributed by atoms with Crippen LogP contribution in [0.3, 0.4) is 0 Å². The van der Waals surface area contributed by atoms with Crippen molar-refractivity contribution in [2.45, 2.75) is 34.3 Å². The van der Waals surface area contributed by atoms with Crippen LogP contribution in [0.5, 0.6) is 5.75 Å². The van der Waals surface area contributed by atoms with E-state index >= 15 is 0 Å². The maximum absolute atomic E-state index is 12.8. The molecule has 2 amide bonds. The van der Waals surface area contributed by atoms with Crippen molar-refractivity contribution >= 4 is 47.3 Å². The summed E-state index contributed by atoms with van der Waals surface area (Å²) in [6.07, 6.45) is -2.21. The molecule has 2 aliphatic heterocycles. The third kappa shape index (κ3) is 7.44. The van der Waals surface area contributed by atoms with Crippen LogP contribution in [0.4, 0.5) is 0 Å². The van der Waals surface area contributed by atoms with E-state index in [1.54, 1.807) is 0 Å². The molecule has 0 bridgehead atoms. The number of aromatic amines is 1. The Morgan fingerprint density at radius 2 is 1.92 bits per heavy atom. The normalized spacial score (nSPS) is 19.9. The molecule has 1 saturated heterocycles. The monoisotopic (exact) mass is 598 g/mol. The molecule has 4 atom stereocenters. The number of phenols is 1. The molecule has 1 aromatic heterocycles. The average Bonchev–Trinajstić information content (AvgIpc) is 3.33. The van der Waals surface area contributed by atoms with Crippen molar-refractivity contribution in [1.29, 1.82) is 0 Å². The van der Waals surface area contributed by atoms with Gasteiger partial charge in [0.05, 0.1) is 11.7 Å². The van der Waals surface area contributed by atoms with Gasteiger partial charge in [-0.05, 0) is 33.7 Å². The number of carboxylic acids is 2. The molecule has 18 heteroatoms. The number of hydrogen-bond acceptors (Lipinski definition) is 13. The molecular weight excluding hydrogens is 583 g/mol. The number of aliphatic hydroxyl groups is 1. The van der Waals surface area contributed by atoms with Crippen molar-refractivity contribution < 1.29 is 142 Å². The summed E-state index contributed by atoms with van der Waals surface area (Å²) in [5.41, 5.74) is -0.199. The zero-order chi connectivity index (χ0) is 25.3. The number of H-pyrrole nitrogens is 1. The molecular formula is C19H16K2N6O8S2. The summed E-state index contributed by atoms with van der Waals surface area (Å²) < 4.78 is 0. The van der Waals surface area contributed by atoms with Crippen LogP contribution in [0.25, 0.3) is 0 Å². The van der Waals surface area contributed by atoms with Gasteiger partial charge in [0, 0.05) is 23.4 Å². The predicted molar refractivity (Wildman–Crippen MR) is 114 cm³/mol. The van der Waals surface area contributed by atoms with E-state index in [-0.39, 0.29) is 131 Å². The number of amides is 2. The van der Waals surface area contributed by atoms with Gasteiger partial charge in [-0.1, -0.05) is 23.9 Å². The van der Waals surface area contributed by atoms with E-state index < -0.39 is 58.6 Å². The fourth-order valence-corrected chi connectivity index (χ4v) is 6.17. The number of aromatic nitrogens is 4. The molecule has 0 radical (unpaired) electrons. The number of hydrogen-bond donors (Lipinski definition) is 4. The van der Waals surface area contributed by atoms with Gasteiger partial charge in [0.15, 0.2) is 6.10 Å². The predicted octanol–water partition coefficient (Wildman–Crippen LogP) is -9.35. The molecule has 4 N–H and O–H groups in total. The summed E-state index contributed by atoms with van der Waals surface area (Å²) in [7, 11) is 0. The van der Waals surface area contributed by atoms with Crippen LogP contribution in [0.15, 0.2) is 40.7 Å². The van der Waals surface area contributed by atoms with Crippen LogP contribution in [-0.4, -0.2) is 81.9 Å². The molecule has 1 fully saturated rings. The number of carbonyl (C=O) groups is 4. The van der Waals surface area contributed by atoms with E-state index in [9.17, 15) is 39.6 Å². The first-order valence-corrected chi connectivity index (χ1v) is 11.9. The zero-order valence-corrected chi connectivity index (χ0v) is 27.4. The third-order valence-electron chi connectivity index (χ3n) is 5.27. The molecule has 1 aromatic carbocycles. The van der Waals surface area contributed by atoms with E-state index in [0.29, 0.717) is 0 Å². The summed E-state index contributed by atoms with van der Waals surface area (Å²) in [6, 6.07) is 4.13. The molecule has 37 heavy (non-hydrogen) atoms. The van der Waals surface area contributed by atoms with Crippen LogP contribution in [0.1, 0.15) is 18.1 Å². The number of fused-ring (bicyclic) bond motifs is 1. The quantitative estimate of drug-likeness (QED) is 0.120. The topological polar surface area (TPSA) is 225 Å². The molecule has 184 valence electrons. The van der Waals surface area contributed by atoms with Crippen molar-refractivity contribution in [3.63, 3.8) is 0 Å². The van der Waals surface area contributed by atoms with Gasteiger partial charge < -0.3 is 35.3 Å². The Morgan fingerprint density at radius 1 is 1.24 bits per heavy atom. The molecule has 0 aliphatic carbocycles. The number of tetrazole rings is 1. The number of phenolic OH excluding ortho intramolecular Hbond substituents is 1. The summed E-state index contributed by atoms with van der Waals surface area (Å²) >= 11 is 1.97. The maximum atomic E-state index is 12.8. The number of aliphatic carboxylic acids is 2. The van der Waals surface area contributed by atoms with Crippen LogP contribution < -0.4 is 118 Å². The summed E-state index contributed by atoms with van der Waals surface area (Å²) in [6.45, 7) is 0. The number of β-lactam (4-membered cyclic amide) rings is 1. The smallest absolute Gasteiger partial charge is 0.550 e. The number of thioether (sulfide) groups is 2. The Hall–Kier alpha value is -0.357. The van der Waals surface area contributed by atoms with Crippen molar-refractivity contribution in [3.05, 3.63) is 41.1 Å². The minimum atomic E-state index is -1.69. The molecule has 2 aromatic rings. The first-order valence-electron chi connectivity index (χ1n) is 9.94. The summed E-state index contributed by atoms with van der Waals surface area (Å²) in [5.74, 6) is -4.83. The maximum Gasteiger partial charge on any atom is 1.00 e. The molecule has 0 saturated carbocycles. The van der Waals surface area contributed by atoms with E-state index in [1.807, 2.05) is 0 Å². The largest absolute Gasteiger partial charge is 1.00 e. The Morgan fingerprint density at radius 3 is 2.49 bits per heavy atom. The number of carboxylic acid groups (broad SMARTS) is 2.